The average molecular weight is 275 g/mol. The molecule has 112 valence electrons. The van der Waals surface area contributed by atoms with Crippen LogP contribution >= 0.6 is 0 Å². The molecule has 0 spiro atoms. The van der Waals surface area contributed by atoms with Crippen LogP contribution in [0.4, 0.5) is 4.79 Å². The Labute approximate surface area is 114 Å². The maximum atomic E-state index is 11.6. The molecule has 1 unspecified atom stereocenters. The number of carboxylic acid groups (broad SMARTS) is 1. The Morgan fingerprint density at radius 3 is 2.05 bits per heavy atom. The van der Waals surface area contributed by atoms with Crippen LogP contribution in [0.2, 0.25) is 0 Å². The fraction of sp³-hybridized carbons (Fsp3) is 0.833. The predicted octanol–water partition coefficient (Wildman–Crippen LogP) is -0.150. The first kappa shape index (κ1) is 17.7. The number of nitrogens with one attached hydrogen (secondary N) is 2. The lowest BCUT2D eigenvalue weighted by Gasteiger charge is -2.24. The number of rotatable bonds is 8. The molecular formula is C12H25N3O4. The molecule has 19 heavy (non-hydrogen) atoms. The highest BCUT2D eigenvalue weighted by molar-refractivity contribution is 5.83. The zero-order valence-corrected chi connectivity index (χ0v) is 12.0. The van der Waals surface area contributed by atoms with Gasteiger partial charge in [-0.1, -0.05) is 13.8 Å². The molecule has 0 saturated carbocycles. The summed E-state index contributed by atoms with van der Waals surface area (Å²) in [5.41, 5.74) is 0. The summed E-state index contributed by atoms with van der Waals surface area (Å²) in [5, 5.41) is 23.0. The number of urea groups is 1. The molecule has 7 nitrogen and oxygen atoms in total. The molecule has 0 bridgehead atoms. The molecule has 0 aliphatic heterocycles. The van der Waals surface area contributed by atoms with E-state index in [1.54, 1.807) is 0 Å². The van der Waals surface area contributed by atoms with Crippen molar-refractivity contribution < 1.29 is 19.8 Å². The van der Waals surface area contributed by atoms with Gasteiger partial charge in [-0.3, -0.25) is 0 Å². The molecule has 0 aromatic carbocycles. The number of carbonyl (C=O) groups is 2. The molecule has 0 aromatic heterocycles. The number of carbonyl (C=O) groups excluding carboxylic acids is 1. The zero-order chi connectivity index (χ0) is 15.0. The highest BCUT2D eigenvalue weighted by atomic mass is 16.4. The smallest absolute Gasteiger partial charge is 0.328 e. The van der Waals surface area contributed by atoms with Crippen molar-refractivity contribution in [3.05, 3.63) is 0 Å². The summed E-state index contributed by atoms with van der Waals surface area (Å²) in [7, 11) is 0. The van der Waals surface area contributed by atoms with Crippen LogP contribution in [0.25, 0.3) is 0 Å². The van der Waals surface area contributed by atoms with E-state index < -0.39 is 24.1 Å². The Morgan fingerprint density at radius 2 is 1.68 bits per heavy atom. The minimum Gasteiger partial charge on any atom is -0.480 e. The number of aliphatic carboxylic acids is 1. The molecule has 2 amide bonds. The van der Waals surface area contributed by atoms with Gasteiger partial charge in [0, 0.05) is 12.6 Å². The largest absolute Gasteiger partial charge is 0.480 e. The summed E-state index contributed by atoms with van der Waals surface area (Å²) in [5.74, 6) is -1.26. The van der Waals surface area contributed by atoms with Crippen LogP contribution in [0.1, 0.15) is 27.7 Å². The van der Waals surface area contributed by atoms with E-state index in [9.17, 15) is 14.7 Å². The fourth-order valence-electron chi connectivity index (χ4n) is 1.71. The second-order valence-corrected chi connectivity index (χ2v) is 4.56. The lowest BCUT2D eigenvalue weighted by atomic mass is 10.2. The second kappa shape index (κ2) is 8.71. The van der Waals surface area contributed by atoms with Crippen molar-refractivity contribution in [2.45, 2.75) is 45.9 Å². The van der Waals surface area contributed by atoms with E-state index in [4.69, 9.17) is 5.11 Å². The van der Waals surface area contributed by atoms with E-state index >= 15 is 0 Å². The Kier molecular flexibility index (Phi) is 8.09. The van der Waals surface area contributed by atoms with Gasteiger partial charge < -0.3 is 25.7 Å². The minimum absolute atomic E-state index is 0.108. The van der Waals surface area contributed by atoms with Crippen LogP contribution in [0.15, 0.2) is 0 Å². The van der Waals surface area contributed by atoms with Gasteiger partial charge in [0.2, 0.25) is 0 Å². The van der Waals surface area contributed by atoms with E-state index in [2.05, 4.69) is 15.5 Å². The number of hydrogen-bond donors (Lipinski definition) is 4. The molecule has 0 heterocycles. The molecule has 0 saturated heterocycles. The van der Waals surface area contributed by atoms with Crippen molar-refractivity contribution in [1.29, 1.82) is 0 Å². The van der Waals surface area contributed by atoms with Crippen molar-refractivity contribution in [3.63, 3.8) is 0 Å². The van der Waals surface area contributed by atoms with Crippen LogP contribution < -0.4 is 10.6 Å². The molecule has 3 atom stereocenters. The monoisotopic (exact) mass is 275 g/mol. The molecule has 0 fully saturated rings. The van der Waals surface area contributed by atoms with Gasteiger partial charge >= 0.3 is 12.0 Å². The van der Waals surface area contributed by atoms with Crippen molar-refractivity contribution >= 4 is 12.0 Å². The van der Waals surface area contributed by atoms with Gasteiger partial charge in [-0.05, 0) is 26.9 Å². The molecule has 0 radical (unpaired) electrons. The first-order valence-electron chi connectivity index (χ1n) is 6.52. The molecule has 0 aliphatic rings. The standard InChI is InChI=1S/C12H25N3O4/c1-5-15(6-2)7-8(3)13-12(19)14-10(9(4)16)11(17)18/h8-10,16H,5-7H2,1-4H3,(H,17,18)(H2,13,14,19)/t8?,9-,10+/m1/s1. The van der Waals surface area contributed by atoms with E-state index in [1.807, 2.05) is 20.8 Å². The summed E-state index contributed by atoms with van der Waals surface area (Å²) in [6.45, 7) is 9.68. The predicted molar refractivity (Wildman–Crippen MR) is 72.0 cm³/mol. The van der Waals surface area contributed by atoms with Crippen LogP contribution in [-0.2, 0) is 4.79 Å². The Morgan fingerprint density at radius 1 is 1.16 bits per heavy atom. The van der Waals surface area contributed by atoms with Crippen LogP contribution in [0.3, 0.4) is 0 Å². The van der Waals surface area contributed by atoms with Crippen molar-refractivity contribution in [1.82, 2.24) is 15.5 Å². The first-order chi connectivity index (χ1) is 8.81. The Hall–Kier alpha value is -1.34. The third-order valence-electron chi connectivity index (χ3n) is 2.84. The number of nitrogens with zero attached hydrogens (tertiary/aromatic N) is 1. The number of carboxylic acids is 1. The molecule has 0 aromatic rings. The van der Waals surface area contributed by atoms with Gasteiger partial charge in [0.25, 0.3) is 0 Å². The fourth-order valence-corrected chi connectivity index (χ4v) is 1.71. The Bertz CT molecular complexity index is 293. The summed E-state index contributed by atoms with van der Waals surface area (Å²) in [4.78, 5) is 24.6. The van der Waals surface area contributed by atoms with Crippen LogP contribution in [0, 0.1) is 0 Å². The third-order valence-corrected chi connectivity index (χ3v) is 2.84. The SMILES string of the molecule is CCN(CC)CC(C)NC(=O)N[C@H](C(=O)O)[C@@H](C)O. The van der Waals surface area contributed by atoms with Gasteiger partial charge in [-0.25, -0.2) is 9.59 Å². The van der Waals surface area contributed by atoms with Gasteiger partial charge in [-0.15, -0.1) is 0 Å². The number of aliphatic hydroxyl groups is 1. The number of likely N-dealkylation sites (N-methyl/N-ethyl adjacent to an activating group) is 1. The highest BCUT2D eigenvalue weighted by Crippen LogP contribution is 1.95. The molecule has 4 N–H and O–H groups in total. The lowest BCUT2D eigenvalue weighted by Crippen LogP contribution is -2.54. The van der Waals surface area contributed by atoms with Crippen molar-refractivity contribution in [3.8, 4) is 0 Å². The average Bonchev–Trinajstić information content (AvgIpc) is 2.32. The van der Waals surface area contributed by atoms with Crippen molar-refractivity contribution in [2.75, 3.05) is 19.6 Å². The van der Waals surface area contributed by atoms with E-state index in [0.29, 0.717) is 6.54 Å². The van der Waals surface area contributed by atoms with Gasteiger partial charge in [0.15, 0.2) is 6.04 Å². The maximum absolute atomic E-state index is 11.6. The summed E-state index contributed by atoms with van der Waals surface area (Å²) in [6.07, 6.45) is -1.15. The minimum atomic E-state index is -1.30. The van der Waals surface area contributed by atoms with E-state index in [-0.39, 0.29) is 6.04 Å². The van der Waals surface area contributed by atoms with Gasteiger partial charge in [0.05, 0.1) is 6.10 Å². The second-order valence-electron chi connectivity index (χ2n) is 4.56. The topological polar surface area (TPSA) is 102 Å². The Balaban J connectivity index is 4.25. The normalized spacial score (nSPS) is 15.7. The van der Waals surface area contributed by atoms with Gasteiger partial charge in [-0.2, -0.15) is 0 Å². The van der Waals surface area contributed by atoms with E-state index in [1.165, 1.54) is 6.92 Å². The zero-order valence-electron chi connectivity index (χ0n) is 12.0. The number of amides is 2. The van der Waals surface area contributed by atoms with Gasteiger partial charge in [0.1, 0.15) is 0 Å². The molecular weight excluding hydrogens is 250 g/mol. The molecule has 0 rings (SSSR count). The van der Waals surface area contributed by atoms with E-state index in [0.717, 1.165) is 13.1 Å². The quantitative estimate of drug-likeness (QED) is 0.493. The summed E-state index contributed by atoms with van der Waals surface area (Å²) < 4.78 is 0. The summed E-state index contributed by atoms with van der Waals surface area (Å²) in [6, 6.07) is -2.00. The number of hydrogen-bond acceptors (Lipinski definition) is 4. The lowest BCUT2D eigenvalue weighted by molar-refractivity contribution is -0.141. The maximum Gasteiger partial charge on any atom is 0.328 e. The third kappa shape index (κ3) is 6.97. The first-order valence-corrected chi connectivity index (χ1v) is 6.52. The molecule has 7 heteroatoms. The van der Waals surface area contributed by atoms with Crippen LogP contribution in [0.5, 0.6) is 0 Å². The molecule has 0 aliphatic carbocycles. The van der Waals surface area contributed by atoms with Crippen LogP contribution in [-0.4, -0.2) is 64.9 Å². The van der Waals surface area contributed by atoms with Crippen molar-refractivity contribution in [2.24, 2.45) is 0 Å². The number of aliphatic hydroxyl groups excluding tert-OH is 1. The summed E-state index contributed by atoms with van der Waals surface area (Å²) >= 11 is 0. The highest BCUT2D eigenvalue weighted by Gasteiger charge is 2.25.